The van der Waals surface area contributed by atoms with Gasteiger partial charge < -0.3 is 5.73 Å². The van der Waals surface area contributed by atoms with Crippen molar-refractivity contribution in [2.45, 2.75) is 44.9 Å². The van der Waals surface area contributed by atoms with Crippen LogP contribution in [0.1, 0.15) is 49.1 Å². The predicted molar refractivity (Wildman–Crippen MR) is 78.9 cm³/mol. The molecule has 18 heavy (non-hydrogen) atoms. The van der Waals surface area contributed by atoms with Gasteiger partial charge in [0, 0.05) is 11.1 Å². The number of aryl methyl sites for hydroxylation is 1. The van der Waals surface area contributed by atoms with Crippen LogP contribution < -0.4 is 5.73 Å². The largest absolute Gasteiger partial charge is 0.398 e. The Morgan fingerprint density at radius 3 is 2.56 bits per heavy atom. The van der Waals surface area contributed by atoms with E-state index in [0.717, 1.165) is 5.69 Å². The Bertz CT molecular complexity index is 565. The Kier molecular flexibility index (Phi) is 2.99. The average molecular weight is 239 g/mol. The van der Waals surface area contributed by atoms with E-state index < -0.39 is 0 Å². The molecular formula is C17H21N. The number of fused-ring (bicyclic) bond motifs is 1. The Hall–Kier alpha value is -1.50. The molecule has 0 heterocycles. The van der Waals surface area contributed by atoms with Gasteiger partial charge in [-0.3, -0.25) is 0 Å². The fraction of sp³-hybridized carbons (Fsp3) is 0.412. The first-order valence-electron chi connectivity index (χ1n) is 7.05. The quantitative estimate of drug-likeness (QED) is 0.712. The van der Waals surface area contributed by atoms with E-state index in [1.807, 2.05) is 0 Å². The Labute approximate surface area is 109 Å². The van der Waals surface area contributed by atoms with Gasteiger partial charge in [0.05, 0.1) is 0 Å². The molecule has 2 aromatic rings. The van der Waals surface area contributed by atoms with Gasteiger partial charge in [-0.2, -0.15) is 0 Å². The number of hydrogen-bond acceptors (Lipinski definition) is 1. The fourth-order valence-corrected chi connectivity index (χ4v) is 3.47. The molecule has 2 N–H and O–H groups in total. The van der Waals surface area contributed by atoms with Gasteiger partial charge in [0.15, 0.2) is 0 Å². The first-order chi connectivity index (χ1) is 8.77. The third kappa shape index (κ3) is 1.88. The average Bonchev–Trinajstić information content (AvgIpc) is 2.40. The van der Waals surface area contributed by atoms with Crippen LogP contribution in [0.2, 0.25) is 0 Å². The van der Waals surface area contributed by atoms with E-state index >= 15 is 0 Å². The second kappa shape index (κ2) is 4.64. The van der Waals surface area contributed by atoms with Crippen molar-refractivity contribution in [2.24, 2.45) is 0 Å². The molecule has 0 atom stereocenters. The second-order valence-electron chi connectivity index (χ2n) is 5.58. The lowest BCUT2D eigenvalue weighted by atomic mass is 9.80. The van der Waals surface area contributed by atoms with Gasteiger partial charge >= 0.3 is 0 Å². The van der Waals surface area contributed by atoms with Crippen LogP contribution in [0.5, 0.6) is 0 Å². The van der Waals surface area contributed by atoms with Gasteiger partial charge in [-0.05, 0) is 42.2 Å². The number of nitrogens with two attached hydrogens (primary N) is 1. The molecule has 1 fully saturated rings. The summed E-state index contributed by atoms with van der Waals surface area (Å²) < 4.78 is 0. The van der Waals surface area contributed by atoms with Crippen LogP contribution in [-0.2, 0) is 0 Å². The fourth-order valence-electron chi connectivity index (χ4n) is 3.47. The molecule has 2 aromatic carbocycles. The van der Waals surface area contributed by atoms with Crippen molar-refractivity contribution in [3.63, 3.8) is 0 Å². The smallest absolute Gasteiger partial charge is 0.0431 e. The van der Waals surface area contributed by atoms with E-state index in [0.29, 0.717) is 5.92 Å². The number of rotatable bonds is 1. The maximum atomic E-state index is 6.45. The van der Waals surface area contributed by atoms with Crippen molar-refractivity contribution in [1.82, 2.24) is 0 Å². The lowest BCUT2D eigenvalue weighted by molar-refractivity contribution is 0.443. The normalized spacial score (nSPS) is 17.2. The van der Waals surface area contributed by atoms with Crippen molar-refractivity contribution in [2.75, 3.05) is 5.73 Å². The van der Waals surface area contributed by atoms with Crippen molar-refractivity contribution in [3.8, 4) is 0 Å². The number of benzene rings is 2. The summed E-state index contributed by atoms with van der Waals surface area (Å²) in [5, 5.41) is 2.50. The lowest BCUT2D eigenvalue weighted by Gasteiger charge is -2.26. The summed E-state index contributed by atoms with van der Waals surface area (Å²) in [7, 11) is 0. The molecule has 1 heteroatoms. The summed E-state index contributed by atoms with van der Waals surface area (Å²) in [5.74, 6) is 0.684. The molecule has 94 valence electrons. The minimum absolute atomic E-state index is 0.684. The molecule has 3 rings (SSSR count). The minimum Gasteiger partial charge on any atom is -0.398 e. The highest BCUT2D eigenvalue weighted by atomic mass is 14.6. The molecule has 0 bridgehead atoms. The molecule has 0 amide bonds. The first kappa shape index (κ1) is 11.6. The molecule has 0 aromatic heterocycles. The highest BCUT2D eigenvalue weighted by Gasteiger charge is 2.20. The third-order valence-electron chi connectivity index (χ3n) is 4.35. The zero-order valence-electron chi connectivity index (χ0n) is 11.1. The zero-order chi connectivity index (χ0) is 12.5. The molecule has 1 aliphatic rings. The summed E-state index contributed by atoms with van der Waals surface area (Å²) in [5.41, 5.74) is 10.3. The van der Waals surface area contributed by atoms with Gasteiger partial charge in [-0.1, -0.05) is 49.6 Å². The Morgan fingerprint density at radius 2 is 1.78 bits per heavy atom. The van der Waals surface area contributed by atoms with E-state index in [1.165, 1.54) is 54.0 Å². The highest BCUT2D eigenvalue weighted by molar-refractivity contribution is 5.95. The van der Waals surface area contributed by atoms with E-state index in [2.05, 4.69) is 37.3 Å². The molecule has 1 nitrogen and oxygen atoms in total. The molecule has 0 spiro atoms. The minimum atomic E-state index is 0.684. The van der Waals surface area contributed by atoms with E-state index in [1.54, 1.807) is 0 Å². The summed E-state index contributed by atoms with van der Waals surface area (Å²) >= 11 is 0. The summed E-state index contributed by atoms with van der Waals surface area (Å²) in [6.07, 6.45) is 6.72. The molecule has 1 aliphatic carbocycles. The molecule has 1 saturated carbocycles. The van der Waals surface area contributed by atoms with Gasteiger partial charge in [0.2, 0.25) is 0 Å². The van der Waals surface area contributed by atoms with Crippen LogP contribution >= 0.6 is 0 Å². The molecule has 0 radical (unpaired) electrons. The zero-order valence-corrected chi connectivity index (χ0v) is 11.1. The van der Waals surface area contributed by atoms with Gasteiger partial charge in [-0.25, -0.2) is 0 Å². The standard InChI is InChI=1S/C17H21N/c1-12-11-14-9-5-6-10-15(14)17(18)16(12)13-7-3-2-4-8-13/h5-6,9-11,13H,2-4,7-8,18H2,1H3. The van der Waals surface area contributed by atoms with E-state index in [4.69, 9.17) is 5.73 Å². The van der Waals surface area contributed by atoms with Crippen molar-refractivity contribution < 1.29 is 0 Å². The molecule has 0 unspecified atom stereocenters. The first-order valence-corrected chi connectivity index (χ1v) is 7.05. The second-order valence-corrected chi connectivity index (χ2v) is 5.58. The molecule has 0 saturated heterocycles. The SMILES string of the molecule is Cc1cc2ccccc2c(N)c1C1CCCCC1. The van der Waals surface area contributed by atoms with Crippen LogP contribution in [-0.4, -0.2) is 0 Å². The maximum Gasteiger partial charge on any atom is 0.0431 e. The molecular weight excluding hydrogens is 218 g/mol. The van der Waals surface area contributed by atoms with Crippen LogP contribution in [0.25, 0.3) is 10.8 Å². The summed E-state index contributed by atoms with van der Waals surface area (Å²) in [6.45, 7) is 2.22. The van der Waals surface area contributed by atoms with Gasteiger partial charge in [0.25, 0.3) is 0 Å². The highest BCUT2D eigenvalue weighted by Crippen LogP contribution is 2.40. The summed E-state index contributed by atoms with van der Waals surface area (Å²) in [4.78, 5) is 0. The van der Waals surface area contributed by atoms with Gasteiger partial charge in [-0.15, -0.1) is 0 Å². The Morgan fingerprint density at radius 1 is 1.06 bits per heavy atom. The summed E-state index contributed by atoms with van der Waals surface area (Å²) in [6, 6.07) is 10.8. The predicted octanol–water partition coefficient (Wildman–Crippen LogP) is 4.78. The third-order valence-corrected chi connectivity index (χ3v) is 4.35. The number of hydrogen-bond donors (Lipinski definition) is 1. The topological polar surface area (TPSA) is 26.0 Å². The van der Waals surface area contributed by atoms with Crippen LogP contribution in [0, 0.1) is 6.92 Å². The van der Waals surface area contributed by atoms with Crippen molar-refractivity contribution in [3.05, 3.63) is 41.5 Å². The Balaban J connectivity index is 2.15. The van der Waals surface area contributed by atoms with Crippen LogP contribution in [0.4, 0.5) is 5.69 Å². The van der Waals surface area contributed by atoms with Crippen LogP contribution in [0.15, 0.2) is 30.3 Å². The van der Waals surface area contributed by atoms with Crippen molar-refractivity contribution >= 4 is 16.5 Å². The molecule has 0 aliphatic heterocycles. The van der Waals surface area contributed by atoms with E-state index in [-0.39, 0.29) is 0 Å². The van der Waals surface area contributed by atoms with E-state index in [9.17, 15) is 0 Å². The van der Waals surface area contributed by atoms with Gasteiger partial charge in [0.1, 0.15) is 0 Å². The monoisotopic (exact) mass is 239 g/mol. The number of anilines is 1. The van der Waals surface area contributed by atoms with Crippen molar-refractivity contribution in [1.29, 1.82) is 0 Å². The number of nitrogen functional groups attached to an aromatic ring is 1. The van der Waals surface area contributed by atoms with Crippen LogP contribution in [0.3, 0.4) is 0 Å². The lowest BCUT2D eigenvalue weighted by Crippen LogP contribution is -2.09. The maximum absolute atomic E-state index is 6.45.